The van der Waals surface area contributed by atoms with E-state index in [4.69, 9.17) is 0 Å². The number of nitrogens with one attached hydrogen (secondary N) is 1. The van der Waals surface area contributed by atoms with E-state index in [0.29, 0.717) is 0 Å². The van der Waals surface area contributed by atoms with Crippen LogP contribution in [0.15, 0.2) is 66.9 Å². The van der Waals surface area contributed by atoms with Gasteiger partial charge in [0.1, 0.15) is 7.05 Å². The van der Waals surface area contributed by atoms with Gasteiger partial charge in [-0.3, -0.25) is 0 Å². The van der Waals surface area contributed by atoms with Gasteiger partial charge in [-0.1, -0.05) is 30.3 Å². The Morgan fingerprint density at radius 3 is 2.64 bits per heavy atom. The first-order valence-electron chi connectivity index (χ1n) is 7.45. The molecule has 0 aliphatic rings. The molecule has 4 rings (SSSR count). The lowest BCUT2D eigenvalue weighted by molar-refractivity contribution is -0.646. The van der Waals surface area contributed by atoms with Crippen molar-refractivity contribution >= 4 is 34.0 Å². The number of pyridine rings is 1. The molecule has 0 saturated heterocycles. The van der Waals surface area contributed by atoms with Gasteiger partial charge in [0.15, 0.2) is 0 Å². The van der Waals surface area contributed by atoms with Crippen molar-refractivity contribution in [1.82, 2.24) is 4.98 Å². The Bertz CT molecular complexity index is 993. The zero-order valence-electron chi connectivity index (χ0n) is 12.5. The predicted molar refractivity (Wildman–Crippen MR) is 92.4 cm³/mol. The molecule has 0 fully saturated rings. The van der Waals surface area contributed by atoms with Gasteiger partial charge in [0, 0.05) is 40.7 Å². The van der Waals surface area contributed by atoms with Gasteiger partial charge in [0.05, 0.1) is 0 Å². The molecule has 0 saturated carbocycles. The molecule has 0 spiro atoms. The zero-order chi connectivity index (χ0) is 14.9. The third-order valence-corrected chi connectivity index (χ3v) is 4.17. The van der Waals surface area contributed by atoms with Gasteiger partial charge >= 0.3 is 0 Å². The molecule has 2 nitrogen and oxygen atoms in total. The van der Waals surface area contributed by atoms with Crippen LogP contribution < -0.4 is 4.57 Å². The van der Waals surface area contributed by atoms with Crippen molar-refractivity contribution in [2.24, 2.45) is 7.05 Å². The summed E-state index contributed by atoms with van der Waals surface area (Å²) in [5, 5.41) is 2.51. The Balaban J connectivity index is 1.78. The van der Waals surface area contributed by atoms with Crippen molar-refractivity contribution in [2.45, 2.75) is 0 Å². The minimum atomic E-state index is 1.17. The number of aromatic nitrogens is 2. The molecule has 2 aromatic carbocycles. The second-order valence-electron chi connectivity index (χ2n) is 5.50. The Labute approximate surface area is 129 Å². The van der Waals surface area contributed by atoms with Gasteiger partial charge in [0.25, 0.3) is 0 Å². The average Bonchev–Trinajstić information content (AvgIpc) is 2.98. The van der Waals surface area contributed by atoms with E-state index in [9.17, 15) is 0 Å². The smallest absolute Gasteiger partial charge is 0.212 e. The lowest BCUT2D eigenvalue weighted by atomic mass is 10.1. The molecule has 0 aliphatic heterocycles. The van der Waals surface area contributed by atoms with Gasteiger partial charge in [-0.25, -0.2) is 0 Å². The molecule has 0 aliphatic carbocycles. The Hall–Kier alpha value is -2.87. The zero-order valence-corrected chi connectivity index (χ0v) is 12.5. The first-order valence-corrected chi connectivity index (χ1v) is 7.45. The second kappa shape index (κ2) is 5.15. The van der Waals surface area contributed by atoms with Crippen LogP contribution in [0.5, 0.6) is 0 Å². The number of fused-ring (bicyclic) bond motifs is 2. The molecule has 106 valence electrons. The predicted octanol–water partition coefficient (Wildman–Crippen LogP) is 4.32. The number of hydrogen-bond acceptors (Lipinski definition) is 0. The summed E-state index contributed by atoms with van der Waals surface area (Å²) in [6, 6.07) is 21.1. The Kier molecular flexibility index (Phi) is 3.01. The van der Waals surface area contributed by atoms with E-state index < -0.39 is 0 Å². The fourth-order valence-electron chi connectivity index (χ4n) is 2.93. The van der Waals surface area contributed by atoms with E-state index in [-0.39, 0.29) is 0 Å². The van der Waals surface area contributed by atoms with Gasteiger partial charge in [-0.05, 0) is 29.8 Å². The molecule has 1 N–H and O–H groups in total. The Morgan fingerprint density at radius 1 is 0.864 bits per heavy atom. The molecule has 0 bridgehead atoms. The van der Waals surface area contributed by atoms with Crippen molar-refractivity contribution in [1.29, 1.82) is 0 Å². The number of benzene rings is 2. The highest BCUT2D eigenvalue weighted by molar-refractivity contribution is 5.91. The van der Waals surface area contributed by atoms with Crippen LogP contribution in [0.4, 0.5) is 0 Å². The van der Waals surface area contributed by atoms with Gasteiger partial charge < -0.3 is 4.98 Å². The largest absolute Gasteiger partial charge is 0.361 e. The summed E-state index contributed by atoms with van der Waals surface area (Å²) in [7, 11) is 2.11. The monoisotopic (exact) mass is 284 g/mol. The third kappa shape index (κ3) is 2.09. The van der Waals surface area contributed by atoms with Crippen molar-refractivity contribution < 1.29 is 4.57 Å². The van der Waals surface area contributed by atoms with Crippen molar-refractivity contribution in [3.05, 3.63) is 78.1 Å². The molecular weight excluding hydrogens is 267 g/mol. The summed E-state index contributed by atoms with van der Waals surface area (Å²) in [4.78, 5) is 3.31. The van der Waals surface area contributed by atoms with E-state index in [1.54, 1.807) is 0 Å². The normalized spacial score (nSPS) is 11.7. The first kappa shape index (κ1) is 12.8. The van der Waals surface area contributed by atoms with Crippen LogP contribution in [-0.4, -0.2) is 4.98 Å². The van der Waals surface area contributed by atoms with Gasteiger partial charge in [0.2, 0.25) is 11.2 Å². The van der Waals surface area contributed by atoms with E-state index in [1.165, 1.54) is 33.1 Å². The van der Waals surface area contributed by atoms with Gasteiger partial charge in [-0.2, -0.15) is 4.57 Å². The molecule has 2 heteroatoms. The summed E-state index contributed by atoms with van der Waals surface area (Å²) in [6.45, 7) is 0. The average molecular weight is 284 g/mol. The standard InChI is InChI=1S/C20H16N2/c1-22-17(12-10-15-6-2-5-9-20(15)22)13-11-16-14-21-19-8-4-3-7-18(16)19/h2-14H,1H3/p+1/i1-1. The van der Waals surface area contributed by atoms with Crippen molar-refractivity contribution in [2.75, 3.05) is 0 Å². The Morgan fingerprint density at radius 2 is 1.68 bits per heavy atom. The fourth-order valence-corrected chi connectivity index (χ4v) is 2.93. The first-order chi connectivity index (χ1) is 10.8. The fraction of sp³-hybridized carbons (Fsp3) is 0.0500. The van der Waals surface area contributed by atoms with Crippen LogP contribution in [0.3, 0.4) is 0 Å². The van der Waals surface area contributed by atoms with Crippen LogP contribution in [0, 0.1) is 0 Å². The molecule has 2 heterocycles. The molecule has 0 atom stereocenters. The van der Waals surface area contributed by atoms with E-state index in [0.717, 1.165) is 0 Å². The highest BCUT2D eigenvalue weighted by Gasteiger charge is 2.08. The maximum Gasteiger partial charge on any atom is 0.212 e. The molecule has 22 heavy (non-hydrogen) atoms. The lowest BCUT2D eigenvalue weighted by Crippen LogP contribution is -2.32. The number of para-hydroxylation sites is 2. The summed E-state index contributed by atoms with van der Waals surface area (Å²) in [5.41, 5.74) is 4.81. The van der Waals surface area contributed by atoms with E-state index in [1.807, 2.05) is 0 Å². The highest BCUT2D eigenvalue weighted by atomic mass is 14.9. The minimum absolute atomic E-state index is 1.17. The van der Waals surface area contributed by atoms with Crippen LogP contribution in [-0.2, 0) is 7.05 Å². The van der Waals surface area contributed by atoms with E-state index >= 15 is 0 Å². The van der Waals surface area contributed by atoms with Crippen LogP contribution >= 0.6 is 0 Å². The number of aryl methyl sites for hydroxylation is 1. The third-order valence-electron chi connectivity index (χ3n) is 4.17. The van der Waals surface area contributed by atoms with Gasteiger partial charge in [-0.15, -0.1) is 0 Å². The highest BCUT2D eigenvalue weighted by Crippen LogP contribution is 2.20. The molecule has 4 aromatic rings. The van der Waals surface area contributed by atoms with Crippen LogP contribution in [0.1, 0.15) is 11.3 Å². The maximum atomic E-state index is 3.31. The molecule has 2 aromatic heterocycles. The molecule has 0 amide bonds. The second-order valence-corrected chi connectivity index (χ2v) is 5.50. The summed E-state index contributed by atoms with van der Waals surface area (Å²) in [5.74, 6) is 0. The van der Waals surface area contributed by atoms with E-state index in [2.05, 4.69) is 95.6 Å². The number of hydrogen-bond donors (Lipinski definition) is 1. The van der Waals surface area contributed by atoms with Crippen molar-refractivity contribution in [3.63, 3.8) is 0 Å². The minimum Gasteiger partial charge on any atom is -0.361 e. The summed E-state index contributed by atoms with van der Waals surface area (Å²) in [6.07, 6.45) is 6.40. The van der Waals surface area contributed by atoms with Crippen LogP contribution in [0.25, 0.3) is 34.0 Å². The SMILES string of the molecule is [11CH3][n+]1c(/C=C/c2c[nH]c3ccccc23)ccc2ccccc21. The van der Waals surface area contributed by atoms with Crippen molar-refractivity contribution in [3.8, 4) is 0 Å². The molecular formula is C20H17N2+. The quantitative estimate of drug-likeness (QED) is 0.529. The number of rotatable bonds is 2. The lowest BCUT2D eigenvalue weighted by Gasteiger charge is -1.99. The topological polar surface area (TPSA) is 19.7 Å². The maximum absolute atomic E-state index is 3.31. The summed E-state index contributed by atoms with van der Waals surface area (Å²) >= 11 is 0. The van der Waals surface area contributed by atoms with Crippen LogP contribution in [0.2, 0.25) is 0 Å². The number of aromatic amines is 1. The molecule has 0 radical (unpaired) electrons. The number of H-pyrrole nitrogens is 1. The number of nitrogens with zero attached hydrogens (tertiary/aromatic N) is 1. The summed E-state index contributed by atoms with van der Waals surface area (Å²) < 4.78 is 2.22. The molecule has 0 unspecified atom stereocenters.